The smallest absolute Gasteiger partial charge is 0.225 e. The third-order valence-electron chi connectivity index (χ3n) is 2.30. The summed E-state index contributed by atoms with van der Waals surface area (Å²) in [5.74, 6) is 0.452. The summed E-state index contributed by atoms with van der Waals surface area (Å²) in [6, 6.07) is 0. The molecule has 1 rings (SSSR count). The predicted molar refractivity (Wildman–Crippen MR) is 57.6 cm³/mol. The summed E-state index contributed by atoms with van der Waals surface area (Å²) in [5, 5.41) is 18.5. The van der Waals surface area contributed by atoms with Crippen LogP contribution in [0.15, 0.2) is 0 Å². The first-order valence-corrected chi connectivity index (χ1v) is 5.00. The maximum Gasteiger partial charge on any atom is 0.225 e. The molecular formula is C10H17N3O2. The Hall–Kier alpha value is -1.36. The van der Waals surface area contributed by atoms with Gasteiger partial charge < -0.3 is 10.4 Å². The van der Waals surface area contributed by atoms with Crippen molar-refractivity contribution in [1.29, 1.82) is 0 Å². The number of carbonyl (C=O) groups is 1. The van der Waals surface area contributed by atoms with Crippen LogP contribution < -0.4 is 5.32 Å². The Balaban J connectivity index is 2.48. The molecule has 5 nitrogen and oxygen atoms in total. The van der Waals surface area contributed by atoms with Crippen LogP contribution in [-0.4, -0.2) is 27.3 Å². The van der Waals surface area contributed by atoms with Crippen molar-refractivity contribution in [2.24, 2.45) is 0 Å². The van der Waals surface area contributed by atoms with Gasteiger partial charge in [-0.25, -0.2) is 0 Å². The molecular weight excluding hydrogens is 194 g/mol. The highest BCUT2D eigenvalue weighted by molar-refractivity contribution is 5.90. The van der Waals surface area contributed by atoms with E-state index in [0.29, 0.717) is 18.7 Å². The number of aromatic nitrogens is 2. The fourth-order valence-electron chi connectivity index (χ4n) is 1.14. The molecule has 1 atom stereocenters. The Morgan fingerprint density at radius 2 is 2.27 bits per heavy atom. The molecule has 1 amide bonds. The first kappa shape index (κ1) is 11.7. The predicted octanol–water partition coefficient (Wildman–Crippen LogP) is 1.13. The van der Waals surface area contributed by atoms with Gasteiger partial charge in [-0.05, 0) is 27.2 Å². The summed E-state index contributed by atoms with van der Waals surface area (Å²) in [7, 11) is 0. The molecule has 3 N–H and O–H groups in total. The fraction of sp³-hybridized carbons (Fsp3) is 0.600. The normalized spacial score (nSPS) is 12.5. The van der Waals surface area contributed by atoms with Crippen molar-refractivity contribution in [3.05, 3.63) is 11.3 Å². The number of nitrogens with one attached hydrogen (secondary N) is 2. The van der Waals surface area contributed by atoms with E-state index in [1.807, 2.05) is 13.8 Å². The summed E-state index contributed by atoms with van der Waals surface area (Å²) >= 11 is 0. The summed E-state index contributed by atoms with van der Waals surface area (Å²) in [6.07, 6.45) is 0.329. The van der Waals surface area contributed by atoms with E-state index < -0.39 is 6.10 Å². The molecule has 0 radical (unpaired) electrons. The monoisotopic (exact) mass is 211 g/mol. The minimum Gasteiger partial charge on any atom is -0.393 e. The van der Waals surface area contributed by atoms with Crippen molar-refractivity contribution in [2.45, 2.75) is 39.7 Å². The highest BCUT2D eigenvalue weighted by Gasteiger charge is 2.09. The van der Waals surface area contributed by atoms with E-state index in [9.17, 15) is 4.79 Å². The number of aliphatic hydroxyl groups is 1. The summed E-state index contributed by atoms with van der Waals surface area (Å²) in [6.45, 7) is 5.45. The van der Waals surface area contributed by atoms with Gasteiger partial charge in [-0.3, -0.25) is 9.89 Å². The number of hydrogen-bond donors (Lipinski definition) is 3. The zero-order valence-electron chi connectivity index (χ0n) is 9.29. The number of amides is 1. The molecule has 1 unspecified atom stereocenters. The van der Waals surface area contributed by atoms with Gasteiger partial charge >= 0.3 is 0 Å². The number of rotatable bonds is 4. The maximum absolute atomic E-state index is 11.4. The van der Waals surface area contributed by atoms with Crippen LogP contribution in [0.4, 0.5) is 5.82 Å². The molecule has 0 aromatic carbocycles. The van der Waals surface area contributed by atoms with Gasteiger partial charge in [0.1, 0.15) is 0 Å². The van der Waals surface area contributed by atoms with E-state index in [2.05, 4.69) is 15.5 Å². The van der Waals surface area contributed by atoms with Crippen LogP contribution >= 0.6 is 0 Å². The Labute approximate surface area is 88.9 Å². The van der Waals surface area contributed by atoms with Crippen LogP contribution in [0.1, 0.15) is 31.0 Å². The number of aliphatic hydroxyl groups excluding tert-OH is 1. The second-order valence-corrected chi connectivity index (χ2v) is 3.76. The lowest BCUT2D eigenvalue weighted by molar-refractivity contribution is -0.116. The minimum atomic E-state index is -0.447. The van der Waals surface area contributed by atoms with Crippen LogP contribution in [-0.2, 0) is 4.79 Å². The molecule has 0 spiro atoms. The highest BCUT2D eigenvalue weighted by atomic mass is 16.3. The molecule has 0 saturated heterocycles. The molecule has 0 saturated carbocycles. The zero-order valence-corrected chi connectivity index (χ0v) is 9.29. The summed E-state index contributed by atoms with van der Waals surface area (Å²) in [4.78, 5) is 11.4. The van der Waals surface area contributed by atoms with Crippen LogP contribution in [0.2, 0.25) is 0 Å². The first-order valence-electron chi connectivity index (χ1n) is 5.00. The number of H-pyrrole nitrogens is 1. The molecule has 0 aliphatic heterocycles. The third kappa shape index (κ3) is 3.36. The van der Waals surface area contributed by atoms with Crippen LogP contribution in [0, 0.1) is 13.8 Å². The number of nitrogens with zero attached hydrogens (tertiary/aromatic N) is 1. The van der Waals surface area contributed by atoms with Gasteiger partial charge in [0.25, 0.3) is 0 Å². The van der Waals surface area contributed by atoms with Gasteiger partial charge in [0.05, 0.1) is 6.10 Å². The second kappa shape index (κ2) is 4.93. The highest BCUT2D eigenvalue weighted by Crippen LogP contribution is 2.14. The topological polar surface area (TPSA) is 78.0 Å². The van der Waals surface area contributed by atoms with E-state index in [1.54, 1.807) is 6.92 Å². The van der Waals surface area contributed by atoms with E-state index in [0.717, 1.165) is 11.3 Å². The van der Waals surface area contributed by atoms with Gasteiger partial charge in [-0.1, -0.05) is 0 Å². The van der Waals surface area contributed by atoms with E-state index >= 15 is 0 Å². The maximum atomic E-state index is 11.4. The molecule has 0 aliphatic rings. The Morgan fingerprint density at radius 3 is 2.73 bits per heavy atom. The van der Waals surface area contributed by atoms with E-state index in [4.69, 9.17) is 5.11 Å². The molecule has 1 aromatic heterocycles. The molecule has 5 heteroatoms. The van der Waals surface area contributed by atoms with Crippen molar-refractivity contribution >= 4 is 11.7 Å². The minimum absolute atomic E-state index is 0.120. The second-order valence-electron chi connectivity index (χ2n) is 3.76. The Morgan fingerprint density at radius 1 is 1.60 bits per heavy atom. The summed E-state index contributed by atoms with van der Waals surface area (Å²) < 4.78 is 0. The fourth-order valence-corrected chi connectivity index (χ4v) is 1.14. The van der Waals surface area contributed by atoms with E-state index in [1.165, 1.54) is 0 Å². The standard InChI is InChI=1S/C10H17N3O2/c1-6(14)4-5-9(15)11-10-7(2)8(3)12-13-10/h6,14H,4-5H2,1-3H3,(H2,11,12,13,15). The molecule has 1 aromatic rings. The molecule has 0 bridgehead atoms. The van der Waals surface area contributed by atoms with Crippen molar-refractivity contribution in [2.75, 3.05) is 5.32 Å². The Kier molecular flexibility index (Phi) is 3.85. The number of aryl methyl sites for hydroxylation is 1. The van der Waals surface area contributed by atoms with Crippen LogP contribution in [0.5, 0.6) is 0 Å². The first-order chi connectivity index (χ1) is 7.00. The number of carbonyl (C=O) groups excluding carboxylic acids is 1. The van der Waals surface area contributed by atoms with Gasteiger partial charge in [0.15, 0.2) is 5.82 Å². The largest absolute Gasteiger partial charge is 0.393 e. The lowest BCUT2D eigenvalue weighted by atomic mass is 10.2. The van der Waals surface area contributed by atoms with Gasteiger partial charge in [-0.15, -0.1) is 0 Å². The average Bonchev–Trinajstić information content (AvgIpc) is 2.47. The number of anilines is 1. The molecule has 15 heavy (non-hydrogen) atoms. The lowest BCUT2D eigenvalue weighted by Crippen LogP contribution is -2.14. The molecule has 1 heterocycles. The zero-order chi connectivity index (χ0) is 11.4. The molecule has 0 aliphatic carbocycles. The third-order valence-corrected chi connectivity index (χ3v) is 2.30. The van der Waals surface area contributed by atoms with Gasteiger partial charge in [0.2, 0.25) is 5.91 Å². The van der Waals surface area contributed by atoms with Crippen molar-refractivity contribution in [3.8, 4) is 0 Å². The number of aromatic amines is 1. The van der Waals surface area contributed by atoms with E-state index in [-0.39, 0.29) is 5.91 Å². The van der Waals surface area contributed by atoms with Crippen molar-refractivity contribution in [1.82, 2.24) is 10.2 Å². The van der Waals surface area contributed by atoms with Crippen LogP contribution in [0.25, 0.3) is 0 Å². The lowest BCUT2D eigenvalue weighted by Gasteiger charge is -2.04. The van der Waals surface area contributed by atoms with Crippen molar-refractivity contribution < 1.29 is 9.90 Å². The molecule has 84 valence electrons. The van der Waals surface area contributed by atoms with Gasteiger partial charge in [-0.2, -0.15) is 5.10 Å². The quantitative estimate of drug-likeness (QED) is 0.698. The molecule has 0 fully saturated rings. The average molecular weight is 211 g/mol. The SMILES string of the molecule is Cc1[nH]nc(NC(=O)CCC(C)O)c1C. The summed E-state index contributed by atoms with van der Waals surface area (Å²) in [5.41, 5.74) is 1.89. The number of hydrogen-bond acceptors (Lipinski definition) is 3. The van der Waals surface area contributed by atoms with Gasteiger partial charge in [0, 0.05) is 17.7 Å². The van der Waals surface area contributed by atoms with Crippen molar-refractivity contribution in [3.63, 3.8) is 0 Å². The van der Waals surface area contributed by atoms with Crippen LogP contribution in [0.3, 0.4) is 0 Å². The Bertz CT molecular complexity index is 344.